The van der Waals surface area contributed by atoms with Crippen molar-refractivity contribution in [2.24, 2.45) is 0 Å². The molecule has 96 valence electrons. The van der Waals surface area contributed by atoms with Crippen LogP contribution in [0.1, 0.15) is 5.56 Å². The van der Waals surface area contributed by atoms with Crippen molar-refractivity contribution in [2.75, 3.05) is 49.2 Å². The number of hydrogen-bond donors (Lipinski definition) is 2. The Morgan fingerprint density at radius 2 is 1.94 bits per heavy atom. The predicted octanol–water partition coefficient (Wildman–Crippen LogP) is 0.515. The number of anilines is 3. The number of nitrogens with two attached hydrogens (primary N) is 1. The van der Waals surface area contributed by atoms with E-state index >= 15 is 0 Å². The summed E-state index contributed by atoms with van der Waals surface area (Å²) >= 11 is 0. The van der Waals surface area contributed by atoms with Gasteiger partial charge in [-0.15, -0.1) is 0 Å². The van der Waals surface area contributed by atoms with E-state index in [1.165, 1.54) is 0 Å². The van der Waals surface area contributed by atoms with Crippen LogP contribution in [0.25, 0.3) is 0 Å². The van der Waals surface area contributed by atoms with E-state index in [1.54, 1.807) is 0 Å². The normalized spacial score (nSPS) is 19.8. The van der Waals surface area contributed by atoms with E-state index in [2.05, 4.69) is 22.2 Å². The van der Waals surface area contributed by atoms with E-state index in [0.29, 0.717) is 6.42 Å². The lowest BCUT2D eigenvalue weighted by atomic mass is 10.1. The van der Waals surface area contributed by atoms with Gasteiger partial charge in [0.05, 0.1) is 17.8 Å². The fourth-order valence-corrected chi connectivity index (χ4v) is 2.60. The summed E-state index contributed by atoms with van der Waals surface area (Å²) in [6.45, 7) is 4.05. The van der Waals surface area contributed by atoms with Gasteiger partial charge in [-0.05, 0) is 24.7 Å². The zero-order valence-electron chi connectivity index (χ0n) is 10.6. The van der Waals surface area contributed by atoms with Crippen LogP contribution in [0.5, 0.6) is 0 Å². The molecule has 1 aromatic rings. The van der Waals surface area contributed by atoms with Crippen LogP contribution in [-0.4, -0.2) is 44.0 Å². The fraction of sp³-hybridized carbons (Fsp3) is 0.462. The van der Waals surface area contributed by atoms with E-state index in [9.17, 15) is 4.79 Å². The van der Waals surface area contributed by atoms with Gasteiger partial charge in [0.25, 0.3) is 0 Å². The Labute approximate surface area is 107 Å². The Bertz CT molecular complexity index is 492. The lowest BCUT2D eigenvalue weighted by molar-refractivity contribution is -0.115. The number of fused-ring (bicyclic) bond motifs is 1. The summed E-state index contributed by atoms with van der Waals surface area (Å²) in [6, 6.07) is 3.95. The fourth-order valence-electron chi connectivity index (χ4n) is 2.60. The molecule has 1 amide bonds. The first-order chi connectivity index (χ1) is 8.63. The van der Waals surface area contributed by atoms with Gasteiger partial charge in [-0.1, -0.05) is 0 Å². The summed E-state index contributed by atoms with van der Waals surface area (Å²) in [4.78, 5) is 16.0. The highest BCUT2D eigenvalue weighted by Crippen LogP contribution is 2.34. The highest BCUT2D eigenvalue weighted by Gasteiger charge is 2.22. The molecule has 0 spiro atoms. The van der Waals surface area contributed by atoms with Crippen molar-refractivity contribution < 1.29 is 4.79 Å². The SMILES string of the molecule is CN1CCN(c2cc3c(cc2N)CC(=O)N3)CC1. The maximum atomic E-state index is 11.4. The van der Waals surface area contributed by atoms with E-state index in [4.69, 9.17) is 5.73 Å². The van der Waals surface area contributed by atoms with Crippen molar-refractivity contribution in [1.29, 1.82) is 0 Å². The predicted molar refractivity (Wildman–Crippen MR) is 72.9 cm³/mol. The lowest BCUT2D eigenvalue weighted by Crippen LogP contribution is -2.44. The van der Waals surface area contributed by atoms with Crippen molar-refractivity contribution in [3.8, 4) is 0 Å². The maximum absolute atomic E-state index is 11.4. The van der Waals surface area contributed by atoms with Crippen LogP contribution >= 0.6 is 0 Å². The molecule has 0 bridgehead atoms. The summed E-state index contributed by atoms with van der Waals surface area (Å²) in [5.74, 6) is 0.0555. The number of nitrogens with one attached hydrogen (secondary N) is 1. The number of carbonyl (C=O) groups is 1. The zero-order chi connectivity index (χ0) is 12.7. The number of benzene rings is 1. The monoisotopic (exact) mass is 246 g/mol. The van der Waals surface area contributed by atoms with Crippen LogP contribution in [0.3, 0.4) is 0 Å². The summed E-state index contributed by atoms with van der Waals surface area (Å²) in [5.41, 5.74) is 9.86. The second-order valence-electron chi connectivity index (χ2n) is 5.08. The number of likely N-dealkylation sites (N-methyl/N-ethyl adjacent to an activating group) is 1. The third kappa shape index (κ3) is 1.90. The lowest BCUT2D eigenvalue weighted by Gasteiger charge is -2.34. The van der Waals surface area contributed by atoms with Crippen molar-refractivity contribution in [2.45, 2.75) is 6.42 Å². The van der Waals surface area contributed by atoms with Crippen molar-refractivity contribution >= 4 is 23.0 Å². The number of carbonyl (C=O) groups excluding carboxylic acids is 1. The molecule has 2 aliphatic rings. The summed E-state index contributed by atoms with van der Waals surface area (Å²) < 4.78 is 0. The molecule has 2 aliphatic heterocycles. The van der Waals surface area contributed by atoms with E-state index in [0.717, 1.165) is 48.8 Å². The van der Waals surface area contributed by atoms with E-state index in [-0.39, 0.29) is 5.91 Å². The number of hydrogen-bond acceptors (Lipinski definition) is 4. The van der Waals surface area contributed by atoms with Crippen molar-refractivity contribution in [1.82, 2.24) is 4.90 Å². The molecule has 2 heterocycles. The summed E-state index contributed by atoms with van der Waals surface area (Å²) in [6.07, 6.45) is 0.447. The first-order valence-electron chi connectivity index (χ1n) is 6.29. The van der Waals surface area contributed by atoms with Gasteiger partial charge in [-0.25, -0.2) is 0 Å². The van der Waals surface area contributed by atoms with Crippen LogP contribution in [0.2, 0.25) is 0 Å². The molecule has 0 unspecified atom stereocenters. The second kappa shape index (κ2) is 4.17. The largest absolute Gasteiger partial charge is 0.397 e. The Hall–Kier alpha value is -1.75. The van der Waals surface area contributed by atoms with Gasteiger partial charge in [0, 0.05) is 31.9 Å². The van der Waals surface area contributed by atoms with Crippen LogP contribution in [0, 0.1) is 0 Å². The third-order valence-electron chi connectivity index (χ3n) is 3.72. The molecular formula is C13H18N4O. The molecule has 18 heavy (non-hydrogen) atoms. The van der Waals surface area contributed by atoms with Gasteiger partial charge in [-0.2, -0.15) is 0 Å². The molecule has 0 aliphatic carbocycles. The maximum Gasteiger partial charge on any atom is 0.228 e. The summed E-state index contributed by atoms with van der Waals surface area (Å²) in [5, 5.41) is 2.88. The molecule has 1 saturated heterocycles. The van der Waals surface area contributed by atoms with Crippen LogP contribution in [-0.2, 0) is 11.2 Å². The average molecular weight is 246 g/mol. The van der Waals surface area contributed by atoms with Crippen molar-refractivity contribution in [3.63, 3.8) is 0 Å². The first-order valence-corrected chi connectivity index (χ1v) is 6.29. The molecule has 5 nitrogen and oxygen atoms in total. The van der Waals surface area contributed by atoms with Crippen molar-refractivity contribution in [3.05, 3.63) is 17.7 Å². The molecule has 5 heteroatoms. The molecule has 0 radical (unpaired) electrons. The average Bonchev–Trinajstić information content (AvgIpc) is 2.68. The zero-order valence-corrected chi connectivity index (χ0v) is 10.6. The van der Waals surface area contributed by atoms with Gasteiger partial charge in [0.15, 0.2) is 0 Å². The van der Waals surface area contributed by atoms with Gasteiger partial charge in [-0.3, -0.25) is 4.79 Å². The number of nitrogen functional groups attached to an aromatic ring is 1. The third-order valence-corrected chi connectivity index (χ3v) is 3.72. The second-order valence-corrected chi connectivity index (χ2v) is 5.08. The number of piperazine rings is 1. The number of nitrogens with zero attached hydrogens (tertiary/aromatic N) is 2. The van der Waals surface area contributed by atoms with E-state index < -0.39 is 0 Å². The Kier molecular flexibility index (Phi) is 2.63. The minimum absolute atomic E-state index is 0.0555. The molecule has 0 saturated carbocycles. The number of amides is 1. The van der Waals surface area contributed by atoms with Gasteiger partial charge in [0.1, 0.15) is 0 Å². The Balaban J connectivity index is 1.89. The Morgan fingerprint density at radius 3 is 2.67 bits per heavy atom. The number of rotatable bonds is 1. The smallest absolute Gasteiger partial charge is 0.228 e. The minimum atomic E-state index is 0.0555. The highest BCUT2D eigenvalue weighted by molar-refractivity contribution is 6.00. The molecule has 1 aromatic carbocycles. The quantitative estimate of drug-likeness (QED) is 0.709. The molecule has 1 fully saturated rings. The summed E-state index contributed by atoms with van der Waals surface area (Å²) in [7, 11) is 2.13. The minimum Gasteiger partial charge on any atom is -0.397 e. The van der Waals surface area contributed by atoms with Crippen LogP contribution in [0.4, 0.5) is 17.1 Å². The molecule has 0 aromatic heterocycles. The molecule has 0 atom stereocenters. The van der Waals surface area contributed by atoms with Crippen LogP contribution in [0.15, 0.2) is 12.1 Å². The first kappa shape index (κ1) is 11.3. The van der Waals surface area contributed by atoms with Crippen LogP contribution < -0.4 is 16.0 Å². The topological polar surface area (TPSA) is 61.6 Å². The van der Waals surface area contributed by atoms with Gasteiger partial charge in [0.2, 0.25) is 5.91 Å². The standard InChI is InChI=1S/C13H18N4O/c1-16-2-4-17(5-3-16)12-8-11-9(6-10(12)14)7-13(18)15-11/h6,8H,2-5,7,14H2,1H3,(H,15,18). The van der Waals surface area contributed by atoms with E-state index in [1.807, 2.05) is 12.1 Å². The Morgan fingerprint density at radius 1 is 1.22 bits per heavy atom. The van der Waals surface area contributed by atoms with Gasteiger partial charge >= 0.3 is 0 Å². The highest BCUT2D eigenvalue weighted by atomic mass is 16.1. The molecular weight excluding hydrogens is 228 g/mol. The molecule has 3 N–H and O–H groups in total. The molecule has 3 rings (SSSR count). The van der Waals surface area contributed by atoms with Gasteiger partial charge < -0.3 is 20.9 Å².